The zero-order valence-electron chi connectivity index (χ0n) is 16.5. The van der Waals surface area contributed by atoms with Gasteiger partial charge in [0.15, 0.2) is 9.84 Å². The summed E-state index contributed by atoms with van der Waals surface area (Å²) in [5.74, 6) is -2.86. The van der Waals surface area contributed by atoms with Crippen molar-refractivity contribution < 1.29 is 49.1 Å². The fraction of sp³-hybridized carbons (Fsp3) is 0.316. The molecule has 0 aromatic heterocycles. The highest BCUT2D eigenvalue weighted by Crippen LogP contribution is 2.50. The molecule has 0 saturated carbocycles. The van der Waals surface area contributed by atoms with Crippen molar-refractivity contribution in [1.82, 2.24) is 5.32 Å². The summed E-state index contributed by atoms with van der Waals surface area (Å²) in [6, 6.07) is 3.85. The molecule has 3 rings (SSSR count). The van der Waals surface area contributed by atoms with Crippen LogP contribution in [-0.4, -0.2) is 38.0 Å². The van der Waals surface area contributed by atoms with Gasteiger partial charge in [-0.1, -0.05) is 12.1 Å². The summed E-state index contributed by atoms with van der Waals surface area (Å²) in [5.41, 5.74) is -7.11. The summed E-state index contributed by atoms with van der Waals surface area (Å²) in [5, 5.41) is 14.3. The zero-order chi connectivity index (χ0) is 25.0. The maximum atomic E-state index is 14.2. The van der Waals surface area contributed by atoms with E-state index >= 15 is 0 Å². The maximum absolute atomic E-state index is 14.2. The van der Waals surface area contributed by atoms with Crippen LogP contribution in [0, 0.1) is 5.82 Å². The molecule has 2 aromatic carbocycles. The van der Waals surface area contributed by atoms with Gasteiger partial charge in [0.25, 0.3) is 5.60 Å². The number of hydrogen-bond donors (Lipinski definition) is 3. The van der Waals surface area contributed by atoms with E-state index in [2.05, 4.69) is 10.6 Å². The molecule has 0 aliphatic carbocycles. The number of fused-ring (bicyclic) bond motifs is 1. The Morgan fingerprint density at radius 2 is 1.67 bits per heavy atom. The highest BCUT2D eigenvalue weighted by Gasteiger charge is 2.72. The van der Waals surface area contributed by atoms with Crippen LogP contribution in [0.3, 0.4) is 0 Å². The summed E-state index contributed by atoms with van der Waals surface area (Å²) >= 11 is 0. The molecule has 0 bridgehead atoms. The Balaban J connectivity index is 1.87. The standard InChI is InChI=1S/C19H15F7N2O4S/c1-33(31,32)11-3-4-12-9(6-11)8-27-15(12)16(29)28-10-2-5-13(14(20)7-10)17(30,18(21,22)23)19(24,25)26/h2-7,15,27,30H,8H2,1H3,(H,28,29). The first-order chi connectivity index (χ1) is 15.0. The fourth-order valence-corrected chi connectivity index (χ4v) is 4.04. The summed E-state index contributed by atoms with van der Waals surface area (Å²) in [4.78, 5) is 12.6. The van der Waals surface area contributed by atoms with Gasteiger partial charge >= 0.3 is 12.4 Å². The van der Waals surface area contributed by atoms with Crippen molar-refractivity contribution >= 4 is 21.4 Å². The second-order valence-corrected chi connectivity index (χ2v) is 9.35. The van der Waals surface area contributed by atoms with Crippen molar-refractivity contribution in [2.24, 2.45) is 0 Å². The van der Waals surface area contributed by atoms with Gasteiger partial charge in [-0.3, -0.25) is 10.1 Å². The highest BCUT2D eigenvalue weighted by atomic mass is 32.2. The normalized spacial score (nSPS) is 17.1. The number of amides is 1. The van der Waals surface area contributed by atoms with Gasteiger partial charge in [-0.25, -0.2) is 12.8 Å². The van der Waals surface area contributed by atoms with Crippen molar-refractivity contribution in [3.05, 3.63) is 58.9 Å². The molecule has 1 unspecified atom stereocenters. The molecule has 6 nitrogen and oxygen atoms in total. The van der Waals surface area contributed by atoms with Crippen LogP contribution in [0.5, 0.6) is 0 Å². The SMILES string of the molecule is CS(=O)(=O)c1ccc2c(c1)CNC2C(=O)Nc1ccc(C(O)(C(F)(F)F)C(F)(F)F)c(F)c1. The quantitative estimate of drug-likeness (QED) is 0.560. The molecule has 1 atom stereocenters. The van der Waals surface area contributed by atoms with Gasteiger partial charge < -0.3 is 10.4 Å². The predicted octanol–water partition coefficient (Wildman–Crippen LogP) is 3.32. The Morgan fingerprint density at radius 3 is 2.18 bits per heavy atom. The molecule has 180 valence electrons. The molecule has 1 heterocycles. The average Bonchev–Trinajstić information content (AvgIpc) is 3.08. The van der Waals surface area contributed by atoms with Crippen molar-refractivity contribution in [3.8, 4) is 0 Å². The van der Waals surface area contributed by atoms with Gasteiger partial charge in [-0.05, 0) is 35.4 Å². The van der Waals surface area contributed by atoms with Crippen LogP contribution in [0.25, 0.3) is 0 Å². The van der Waals surface area contributed by atoms with Crippen molar-refractivity contribution in [3.63, 3.8) is 0 Å². The van der Waals surface area contributed by atoms with Gasteiger partial charge in [0.05, 0.1) is 4.90 Å². The summed E-state index contributed by atoms with van der Waals surface area (Å²) in [6.07, 6.45) is -11.5. The Kier molecular flexibility index (Phi) is 6.01. The molecule has 33 heavy (non-hydrogen) atoms. The minimum atomic E-state index is -6.26. The maximum Gasteiger partial charge on any atom is 0.430 e. The monoisotopic (exact) mass is 500 g/mol. The summed E-state index contributed by atoms with van der Waals surface area (Å²) < 4.78 is 115. The second-order valence-electron chi connectivity index (χ2n) is 7.34. The Bertz CT molecular complexity index is 1200. The molecule has 0 fully saturated rings. The Morgan fingerprint density at radius 1 is 1.06 bits per heavy atom. The number of sulfone groups is 1. The minimum Gasteiger partial charge on any atom is -0.369 e. The molecule has 0 radical (unpaired) electrons. The molecule has 0 spiro atoms. The van der Waals surface area contributed by atoms with Crippen LogP contribution in [0.1, 0.15) is 22.7 Å². The van der Waals surface area contributed by atoms with Crippen LogP contribution in [-0.2, 0) is 26.8 Å². The van der Waals surface area contributed by atoms with Crippen LogP contribution in [0.2, 0.25) is 0 Å². The summed E-state index contributed by atoms with van der Waals surface area (Å²) in [7, 11) is -3.50. The van der Waals surface area contributed by atoms with Crippen LogP contribution >= 0.6 is 0 Å². The summed E-state index contributed by atoms with van der Waals surface area (Å²) in [6.45, 7) is 0.105. The van der Waals surface area contributed by atoms with E-state index in [1.165, 1.54) is 18.2 Å². The zero-order valence-corrected chi connectivity index (χ0v) is 17.3. The van der Waals surface area contributed by atoms with Crippen molar-refractivity contribution in [2.45, 2.75) is 35.4 Å². The number of halogens is 7. The molecule has 0 saturated heterocycles. The average molecular weight is 500 g/mol. The van der Waals surface area contributed by atoms with E-state index in [-0.39, 0.29) is 23.6 Å². The third-order valence-corrected chi connectivity index (χ3v) is 6.17. The lowest BCUT2D eigenvalue weighted by atomic mass is 9.91. The lowest BCUT2D eigenvalue weighted by Gasteiger charge is -2.32. The molecule has 14 heteroatoms. The van der Waals surface area contributed by atoms with E-state index in [1.807, 2.05) is 0 Å². The number of hydrogen-bond acceptors (Lipinski definition) is 5. The first-order valence-electron chi connectivity index (χ1n) is 9.00. The number of carbonyl (C=O) groups is 1. The number of nitrogens with one attached hydrogen (secondary N) is 2. The third-order valence-electron chi connectivity index (χ3n) is 5.06. The van der Waals surface area contributed by atoms with E-state index in [4.69, 9.17) is 0 Å². The number of alkyl halides is 6. The first-order valence-corrected chi connectivity index (χ1v) is 10.9. The van der Waals surface area contributed by atoms with E-state index in [9.17, 15) is 49.1 Å². The van der Waals surface area contributed by atoms with E-state index in [0.717, 1.165) is 6.26 Å². The van der Waals surface area contributed by atoms with Gasteiger partial charge in [0.1, 0.15) is 11.9 Å². The highest BCUT2D eigenvalue weighted by molar-refractivity contribution is 7.90. The molecule has 1 aliphatic heterocycles. The second kappa shape index (κ2) is 7.95. The topological polar surface area (TPSA) is 95.5 Å². The van der Waals surface area contributed by atoms with E-state index in [0.29, 0.717) is 17.2 Å². The first kappa shape index (κ1) is 24.9. The number of anilines is 1. The molecular weight excluding hydrogens is 485 g/mol. The third kappa shape index (κ3) is 4.42. The van der Waals surface area contributed by atoms with Crippen molar-refractivity contribution in [1.29, 1.82) is 0 Å². The molecular formula is C19H15F7N2O4S. The van der Waals surface area contributed by atoms with Crippen LogP contribution < -0.4 is 10.6 Å². The smallest absolute Gasteiger partial charge is 0.369 e. The van der Waals surface area contributed by atoms with Gasteiger partial charge in [-0.15, -0.1) is 0 Å². The molecule has 1 amide bonds. The molecule has 1 aliphatic rings. The number of benzene rings is 2. The van der Waals surface area contributed by atoms with Crippen LogP contribution in [0.4, 0.5) is 36.4 Å². The predicted molar refractivity (Wildman–Crippen MR) is 100 cm³/mol. The largest absolute Gasteiger partial charge is 0.430 e. The van der Waals surface area contributed by atoms with E-state index in [1.54, 1.807) is 0 Å². The van der Waals surface area contributed by atoms with Gasteiger partial charge in [0.2, 0.25) is 5.91 Å². The number of rotatable bonds is 4. The van der Waals surface area contributed by atoms with Gasteiger partial charge in [-0.2, -0.15) is 26.3 Å². The number of carbonyl (C=O) groups excluding carboxylic acids is 1. The molecule has 2 aromatic rings. The minimum absolute atomic E-state index is 0.0172. The van der Waals surface area contributed by atoms with Gasteiger partial charge in [0, 0.05) is 24.1 Å². The Labute approximate surface area is 182 Å². The fourth-order valence-electron chi connectivity index (χ4n) is 3.37. The Hall–Kier alpha value is -2.71. The van der Waals surface area contributed by atoms with E-state index < -0.39 is 56.8 Å². The number of aliphatic hydroxyl groups is 1. The van der Waals surface area contributed by atoms with Crippen LogP contribution in [0.15, 0.2) is 41.3 Å². The lowest BCUT2D eigenvalue weighted by molar-refractivity contribution is -0.377. The molecule has 3 N–H and O–H groups in total. The van der Waals surface area contributed by atoms with Crippen molar-refractivity contribution in [2.75, 3.05) is 11.6 Å². The lowest BCUT2D eigenvalue weighted by Crippen LogP contribution is -2.54.